The first-order valence-corrected chi connectivity index (χ1v) is 13.1. The summed E-state index contributed by atoms with van der Waals surface area (Å²) in [5.41, 5.74) is 3.51. The van der Waals surface area contributed by atoms with Gasteiger partial charge in [0.1, 0.15) is 16.8 Å². The Hall–Kier alpha value is -3.08. The highest BCUT2D eigenvalue weighted by atomic mass is 35.5. The van der Waals surface area contributed by atoms with Crippen molar-refractivity contribution in [1.29, 1.82) is 0 Å². The molecular weight excluding hydrogens is 505 g/mol. The number of nitrogens with zero attached hydrogens (tertiary/aromatic N) is 3. The number of amides is 2. The molecule has 2 fully saturated rings. The molecule has 2 aliphatic rings. The number of piperazine rings is 1. The van der Waals surface area contributed by atoms with E-state index in [4.69, 9.17) is 11.6 Å². The number of thioether (sulfide) groups is 1. The van der Waals surface area contributed by atoms with Crippen LogP contribution in [0.3, 0.4) is 0 Å². The van der Waals surface area contributed by atoms with Gasteiger partial charge in [-0.2, -0.15) is 0 Å². The molecule has 1 unspecified atom stereocenters. The van der Waals surface area contributed by atoms with E-state index in [1.807, 2.05) is 11.8 Å². The summed E-state index contributed by atoms with van der Waals surface area (Å²) in [6, 6.07) is 9.98. The number of aromatic nitrogens is 1. The molecule has 5 rings (SSSR count). The Labute approximate surface area is 216 Å². The molecule has 36 heavy (non-hydrogen) atoms. The maximum Gasteiger partial charge on any atom is 0.275 e. The van der Waals surface area contributed by atoms with Gasteiger partial charge in [0.15, 0.2) is 0 Å². The zero-order chi connectivity index (χ0) is 25.4. The molecule has 0 spiro atoms. The minimum absolute atomic E-state index is 0.116. The summed E-state index contributed by atoms with van der Waals surface area (Å²) in [6.45, 7) is 5.17. The van der Waals surface area contributed by atoms with Gasteiger partial charge in [-0.25, -0.2) is 9.40 Å². The summed E-state index contributed by atoms with van der Waals surface area (Å²) >= 11 is 7.65. The maximum atomic E-state index is 15.1. The zero-order valence-corrected chi connectivity index (χ0v) is 21.2. The fraction of sp³-hybridized carbons (Fsp3) is 0.320. The number of aryl methyl sites for hydroxylation is 1. The highest BCUT2D eigenvalue weighted by Gasteiger charge is 2.36. The Kier molecular flexibility index (Phi) is 6.92. The number of anilines is 1. The monoisotopic (exact) mass is 529 g/mol. The van der Waals surface area contributed by atoms with Gasteiger partial charge in [-0.05, 0) is 25.1 Å². The number of fused-ring (bicyclic) bond motifs is 1. The standard InChI is InChI=1S/C25H25ClFN5O3S/c1-2-30-13-17(23(34)16-11-19(27)21(12-20(16)30)31-9-7-28-8-10-31)24(35)29-32-22(33)14-36-25(32)15-5-3-4-6-18(15)26/h3-6,11-13,25,28H,2,7-10,14H2,1H3,(H,29,35). The lowest BCUT2D eigenvalue weighted by molar-refractivity contribution is -0.130. The predicted octanol–water partition coefficient (Wildman–Crippen LogP) is 3.14. The zero-order valence-electron chi connectivity index (χ0n) is 19.6. The van der Waals surface area contributed by atoms with Crippen LogP contribution in [0.4, 0.5) is 10.1 Å². The van der Waals surface area contributed by atoms with Crippen LogP contribution in [0.1, 0.15) is 28.2 Å². The molecule has 2 aromatic carbocycles. The molecule has 8 nitrogen and oxygen atoms in total. The van der Waals surface area contributed by atoms with Crippen molar-refractivity contribution in [2.45, 2.75) is 18.8 Å². The summed E-state index contributed by atoms with van der Waals surface area (Å²) in [5, 5.41) is 4.51. The van der Waals surface area contributed by atoms with Crippen LogP contribution in [0, 0.1) is 5.82 Å². The number of nitrogens with one attached hydrogen (secondary N) is 2. The Morgan fingerprint density at radius 2 is 1.97 bits per heavy atom. The lowest BCUT2D eigenvalue weighted by Gasteiger charge is -2.30. The third-order valence-electron chi connectivity index (χ3n) is 6.45. The van der Waals surface area contributed by atoms with E-state index in [1.165, 1.54) is 29.0 Å². The molecule has 188 valence electrons. The molecule has 0 saturated carbocycles. The van der Waals surface area contributed by atoms with Crippen molar-refractivity contribution in [3.63, 3.8) is 0 Å². The van der Waals surface area contributed by atoms with Gasteiger partial charge in [-0.1, -0.05) is 29.8 Å². The van der Waals surface area contributed by atoms with Crippen molar-refractivity contribution in [2.75, 3.05) is 36.8 Å². The molecule has 3 aromatic rings. The van der Waals surface area contributed by atoms with Gasteiger partial charge >= 0.3 is 0 Å². The minimum atomic E-state index is -0.733. The molecule has 11 heteroatoms. The van der Waals surface area contributed by atoms with E-state index in [9.17, 15) is 14.4 Å². The number of hydrazine groups is 1. The van der Waals surface area contributed by atoms with Crippen molar-refractivity contribution < 1.29 is 14.0 Å². The van der Waals surface area contributed by atoms with Crippen molar-refractivity contribution in [1.82, 2.24) is 20.3 Å². The van der Waals surface area contributed by atoms with Gasteiger partial charge in [0.25, 0.3) is 11.8 Å². The van der Waals surface area contributed by atoms with Gasteiger partial charge in [-0.15, -0.1) is 11.8 Å². The Bertz CT molecular complexity index is 1410. The Morgan fingerprint density at radius 3 is 2.69 bits per heavy atom. The lowest BCUT2D eigenvalue weighted by atomic mass is 10.1. The fourth-order valence-electron chi connectivity index (χ4n) is 4.59. The third kappa shape index (κ3) is 4.44. The van der Waals surface area contributed by atoms with Crippen LogP contribution >= 0.6 is 23.4 Å². The van der Waals surface area contributed by atoms with Crippen LogP contribution in [0.2, 0.25) is 5.02 Å². The van der Waals surface area contributed by atoms with Gasteiger partial charge in [-0.3, -0.25) is 19.8 Å². The summed E-state index contributed by atoms with van der Waals surface area (Å²) in [6.07, 6.45) is 1.47. The largest absolute Gasteiger partial charge is 0.367 e. The maximum absolute atomic E-state index is 15.1. The molecule has 2 aliphatic heterocycles. The van der Waals surface area contributed by atoms with Crippen LogP contribution < -0.4 is 21.1 Å². The van der Waals surface area contributed by atoms with Gasteiger partial charge in [0, 0.05) is 54.9 Å². The van der Waals surface area contributed by atoms with E-state index < -0.39 is 22.5 Å². The molecule has 2 amide bonds. The second-order valence-electron chi connectivity index (χ2n) is 8.61. The topological polar surface area (TPSA) is 86.7 Å². The molecule has 0 aliphatic carbocycles. The second kappa shape index (κ2) is 10.1. The smallest absolute Gasteiger partial charge is 0.275 e. The first-order chi connectivity index (χ1) is 17.4. The molecule has 0 bridgehead atoms. The van der Waals surface area contributed by atoms with Gasteiger partial charge in [0.2, 0.25) is 5.43 Å². The van der Waals surface area contributed by atoms with Crippen LogP contribution in [0.15, 0.2) is 47.4 Å². The summed E-state index contributed by atoms with van der Waals surface area (Å²) in [5.74, 6) is -1.38. The number of hydrogen-bond acceptors (Lipinski definition) is 6. The average molecular weight is 530 g/mol. The van der Waals surface area contributed by atoms with Crippen LogP contribution in [0.5, 0.6) is 0 Å². The number of halogens is 2. The fourth-order valence-corrected chi connectivity index (χ4v) is 6.04. The van der Waals surface area contributed by atoms with E-state index in [2.05, 4.69) is 10.7 Å². The van der Waals surface area contributed by atoms with Crippen LogP contribution in [-0.2, 0) is 11.3 Å². The second-order valence-corrected chi connectivity index (χ2v) is 10.1. The van der Waals surface area contributed by atoms with Gasteiger partial charge in [0.05, 0.1) is 17.0 Å². The summed E-state index contributed by atoms with van der Waals surface area (Å²) in [4.78, 5) is 41.2. The number of pyridine rings is 1. The highest BCUT2D eigenvalue weighted by molar-refractivity contribution is 8.00. The molecule has 2 saturated heterocycles. The molecule has 1 atom stereocenters. The van der Waals surface area contributed by atoms with Crippen molar-refractivity contribution in [3.05, 3.63) is 74.8 Å². The Morgan fingerprint density at radius 1 is 1.22 bits per heavy atom. The van der Waals surface area contributed by atoms with E-state index in [0.29, 0.717) is 41.4 Å². The summed E-state index contributed by atoms with van der Waals surface area (Å²) in [7, 11) is 0. The number of benzene rings is 2. The van der Waals surface area contributed by atoms with Crippen molar-refractivity contribution in [2.24, 2.45) is 0 Å². The quantitative estimate of drug-likeness (QED) is 0.528. The molecular formula is C25H25ClFN5O3S. The first kappa shape index (κ1) is 24.6. The predicted molar refractivity (Wildman–Crippen MR) is 140 cm³/mol. The van der Waals surface area contributed by atoms with Crippen molar-refractivity contribution >= 4 is 51.8 Å². The molecule has 3 heterocycles. The average Bonchev–Trinajstić information content (AvgIpc) is 3.24. The first-order valence-electron chi connectivity index (χ1n) is 11.7. The van der Waals surface area contributed by atoms with E-state index in [0.717, 1.165) is 13.1 Å². The molecule has 0 radical (unpaired) electrons. The molecule has 2 N–H and O–H groups in total. The SMILES string of the molecule is CCn1cc(C(=O)NN2C(=O)CSC2c2ccccc2Cl)c(=O)c2cc(F)c(N3CCNCC3)cc21. The van der Waals surface area contributed by atoms with E-state index >= 15 is 4.39 Å². The lowest BCUT2D eigenvalue weighted by Crippen LogP contribution is -2.46. The normalized spacial score (nSPS) is 18.2. The number of hydrogen-bond donors (Lipinski definition) is 2. The number of carbonyl (C=O) groups is 2. The molecule has 1 aromatic heterocycles. The number of rotatable bonds is 5. The van der Waals surface area contributed by atoms with E-state index in [1.54, 1.807) is 34.9 Å². The minimum Gasteiger partial charge on any atom is -0.367 e. The third-order valence-corrected chi connectivity index (χ3v) is 7.99. The number of carbonyl (C=O) groups excluding carboxylic acids is 2. The van der Waals surface area contributed by atoms with Crippen LogP contribution in [0.25, 0.3) is 10.9 Å². The van der Waals surface area contributed by atoms with Crippen LogP contribution in [-0.4, -0.2) is 53.3 Å². The van der Waals surface area contributed by atoms with Gasteiger partial charge < -0.3 is 14.8 Å². The Balaban J connectivity index is 1.50. The summed E-state index contributed by atoms with van der Waals surface area (Å²) < 4.78 is 16.9. The van der Waals surface area contributed by atoms with E-state index in [-0.39, 0.29) is 22.6 Å². The highest BCUT2D eigenvalue weighted by Crippen LogP contribution is 2.40. The van der Waals surface area contributed by atoms with Crippen molar-refractivity contribution in [3.8, 4) is 0 Å².